The standard InChI is InChI=1S/C21H18FN5O/c22-15-6-4-14(5-7-15)18-11-19(25-24-18)21(28)27(16-8-9-16)13-17-12-23-20-3-1-2-10-26(17)20/h1-7,10-12,16H,8-9,13H2,(H,24,25). The van der Waals surface area contributed by atoms with E-state index in [2.05, 4.69) is 15.2 Å². The summed E-state index contributed by atoms with van der Waals surface area (Å²) in [6.07, 6.45) is 5.77. The molecule has 7 heteroatoms. The van der Waals surface area contributed by atoms with Crippen molar-refractivity contribution >= 4 is 11.6 Å². The topological polar surface area (TPSA) is 66.3 Å². The Labute approximate surface area is 160 Å². The van der Waals surface area contributed by atoms with E-state index >= 15 is 0 Å². The second-order valence-corrected chi connectivity index (χ2v) is 7.02. The highest BCUT2D eigenvalue weighted by Crippen LogP contribution is 2.30. The number of fused-ring (bicyclic) bond motifs is 1. The molecule has 28 heavy (non-hydrogen) atoms. The Morgan fingerprint density at radius 2 is 2.04 bits per heavy atom. The summed E-state index contributed by atoms with van der Waals surface area (Å²) >= 11 is 0. The SMILES string of the molecule is O=C(c1cc(-c2ccc(F)cc2)n[nH]1)N(Cc1cnc2ccccn12)C1CC1. The highest BCUT2D eigenvalue weighted by Gasteiger charge is 2.34. The molecule has 0 atom stereocenters. The van der Waals surface area contributed by atoms with E-state index in [1.54, 1.807) is 18.2 Å². The van der Waals surface area contributed by atoms with Crippen molar-refractivity contribution in [2.24, 2.45) is 0 Å². The Kier molecular flexibility index (Phi) is 3.93. The molecule has 4 aromatic rings. The first-order chi connectivity index (χ1) is 13.7. The molecular formula is C21H18FN5O. The number of H-pyrrole nitrogens is 1. The van der Waals surface area contributed by atoms with Crippen molar-refractivity contribution < 1.29 is 9.18 Å². The lowest BCUT2D eigenvalue weighted by atomic mass is 10.1. The Hall–Kier alpha value is -3.48. The Bertz CT molecular complexity index is 1140. The Morgan fingerprint density at radius 1 is 1.21 bits per heavy atom. The van der Waals surface area contributed by atoms with Crippen LogP contribution >= 0.6 is 0 Å². The van der Waals surface area contributed by atoms with Crippen LogP contribution in [0, 0.1) is 5.82 Å². The van der Waals surface area contributed by atoms with Gasteiger partial charge >= 0.3 is 0 Å². The van der Waals surface area contributed by atoms with Gasteiger partial charge in [0.25, 0.3) is 5.91 Å². The van der Waals surface area contributed by atoms with E-state index in [9.17, 15) is 9.18 Å². The summed E-state index contributed by atoms with van der Waals surface area (Å²) in [5, 5.41) is 7.07. The van der Waals surface area contributed by atoms with Gasteiger partial charge in [-0.25, -0.2) is 9.37 Å². The van der Waals surface area contributed by atoms with Gasteiger partial charge in [-0.15, -0.1) is 0 Å². The van der Waals surface area contributed by atoms with Gasteiger partial charge in [0.15, 0.2) is 0 Å². The Morgan fingerprint density at radius 3 is 2.82 bits per heavy atom. The van der Waals surface area contributed by atoms with Crippen LogP contribution in [0.2, 0.25) is 0 Å². The molecule has 1 saturated carbocycles. The summed E-state index contributed by atoms with van der Waals surface area (Å²) < 4.78 is 15.1. The van der Waals surface area contributed by atoms with Crippen LogP contribution in [0.1, 0.15) is 29.0 Å². The van der Waals surface area contributed by atoms with Crippen LogP contribution in [0.15, 0.2) is 60.9 Å². The summed E-state index contributed by atoms with van der Waals surface area (Å²) in [6, 6.07) is 13.9. The molecule has 0 radical (unpaired) electrons. The van der Waals surface area contributed by atoms with E-state index in [1.165, 1.54) is 12.1 Å². The van der Waals surface area contributed by atoms with Crippen molar-refractivity contribution in [3.8, 4) is 11.3 Å². The van der Waals surface area contributed by atoms with Crippen molar-refractivity contribution in [3.63, 3.8) is 0 Å². The smallest absolute Gasteiger partial charge is 0.272 e. The molecule has 1 fully saturated rings. The number of amides is 1. The van der Waals surface area contributed by atoms with Crippen molar-refractivity contribution in [2.45, 2.75) is 25.4 Å². The average Bonchev–Trinajstić information content (AvgIpc) is 3.29. The average molecular weight is 375 g/mol. The number of nitrogens with zero attached hydrogens (tertiary/aromatic N) is 4. The fourth-order valence-corrected chi connectivity index (χ4v) is 3.38. The van der Waals surface area contributed by atoms with Crippen molar-refractivity contribution in [2.75, 3.05) is 0 Å². The fraction of sp³-hybridized carbons (Fsp3) is 0.190. The third kappa shape index (κ3) is 3.05. The van der Waals surface area contributed by atoms with E-state index < -0.39 is 0 Å². The van der Waals surface area contributed by atoms with E-state index in [0.29, 0.717) is 17.9 Å². The number of hydrogen-bond acceptors (Lipinski definition) is 3. The first-order valence-electron chi connectivity index (χ1n) is 9.22. The van der Waals surface area contributed by atoms with Gasteiger partial charge in [-0.05, 0) is 55.3 Å². The molecule has 1 aliphatic carbocycles. The molecule has 5 rings (SSSR count). The van der Waals surface area contributed by atoms with Crippen molar-refractivity contribution in [1.29, 1.82) is 0 Å². The largest absolute Gasteiger partial charge is 0.328 e. The molecule has 1 amide bonds. The van der Waals surface area contributed by atoms with Gasteiger partial charge in [0.1, 0.15) is 17.2 Å². The van der Waals surface area contributed by atoms with E-state index in [0.717, 1.165) is 29.7 Å². The number of aromatic nitrogens is 4. The first kappa shape index (κ1) is 16.7. The lowest BCUT2D eigenvalue weighted by molar-refractivity contribution is 0.0721. The maximum atomic E-state index is 13.2. The van der Waals surface area contributed by atoms with Gasteiger partial charge < -0.3 is 9.30 Å². The number of carbonyl (C=O) groups excluding carboxylic acids is 1. The second kappa shape index (κ2) is 6.60. The zero-order chi connectivity index (χ0) is 19.1. The lowest BCUT2D eigenvalue weighted by Crippen LogP contribution is -2.33. The molecule has 0 bridgehead atoms. The van der Waals surface area contributed by atoms with Gasteiger partial charge in [-0.1, -0.05) is 6.07 Å². The molecule has 3 heterocycles. The van der Waals surface area contributed by atoms with E-state index in [-0.39, 0.29) is 17.8 Å². The number of pyridine rings is 1. The number of aromatic amines is 1. The predicted molar refractivity (Wildman–Crippen MR) is 102 cm³/mol. The van der Waals surface area contributed by atoms with Crippen LogP contribution in [-0.2, 0) is 6.54 Å². The molecule has 1 N–H and O–H groups in total. The highest BCUT2D eigenvalue weighted by atomic mass is 19.1. The van der Waals surface area contributed by atoms with E-state index in [1.807, 2.05) is 39.9 Å². The molecular weight excluding hydrogens is 357 g/mol. The number of imidazole rings is 1. The van der Waals surface area contributed by atoms with Crippen LogP contribution in [0.5, 0.6) is 0 Å². The summed E-state index contributed by atoms with van der Waals surface area (Å²) in [4.78, 5) is 19.4. The summed E-state index contributed by atoms with van der Waals surface area (Å²) in [5.74, 6) is -0.391. The summed E-state index contributed by atoms with van der Waals surface area (Å²) in [6.45, 7) is 0.486. The maximum Gasteiger partial charge on any atom is 0.272 e. The van der Waals surface area contributed by atoms with Crippen molar-refractivity contribution in [3.05, 3.63) is 78.1 Å². The van der Waals surface area contributed by atoms with Gasteiger partial charge in [-0.2, -0.15) is 5.10 Å². The van der Waals surface area contributed by atoms with E-state index in [4.69, 9.17) is 0 Å². The zero-order valence-corrected chi connectivity index (χ0v) is 15.0. The van der Waals surface area contributed by atoms with Gasteiger partial charge in [0.05, 0.1) is 24.1 Å². The zero-order valence-electron chi connectivity index (χ0n) is 15.0. The third-order valence-electron chi connectivity index (χ3n) is 5.02. The molecule has 0 unspecified atom stereocenters. The molecule has 1 aromatic carbocycles. The van der Waals surface area contributed by atoms with Crippen LogP contribution in [0.3, 0.4) is 0 Å². The summed E-state index contributed by atoms with van der Waals surface area (Å²) in [7, 11) is 0. The minimum Gasteiger partial charge on any atom is -0.328 e. The molecule has 3 aromatic heterocycles. The normalized spacial score (nSPS) is 13.8. The van der Waals surface area contributed by atoms with Crippen LogP contribution in [-0.4, -0.2) is 36.4 Å². The lowest BCUT2D eigenvalue weighted by Gasteiger charge is -2.21. The maximum absolute atomic E-state index is 13.2. The molecule has 140 valence electrons. The highest BCUT2D eigenvalue weighted by molar-refractivity contribution is 5.93. The predicted octanol–water partition coefficient (Wildman–Crippen LogP) is 3.67. The second-order valence-electron chi connectivity index (χ2n) is 7.02. The number of halogens is 1. The minimum atomic E-state index is -0.302. The van der Waals surface area contributed by atoms with Gasteiger partial charge in [-0.3, -0.25) is 9.89 Å². The third-order valence-corrected chi connectivity index (χ3v) is 5.02. The van der Waals surface area contributed by atoms with Crippen LogP contribution in [0.25, 0.3) is 16.9 Å². The quantitative estimate of drug-likeness (QED) is 0.579. The number of hydrogen-bond donors (Lipinski definition) is 1. The minimum absolute atomic E-state index is 0.0887. The Balaban J connectivity index is 1.41. The fourth-order valence-electron chi connectivity index (χ4n) is 3.38. The van der Waals surface area contributed by atoms with Crippen LogP contribution in [0.4, 0.5) is 4.39 Å². The summed E-state index contributed by atoms with van der Waals surface area (Å²) in [5.41, 5.74) is 3.64. The molecule has 1 aliphatic rings. The van der Waals surface area contributed by atoms with Gasteiger partial charge in [0, 0.05) is 17.8 Å². The molecule has 0 spiro atoms. The monoisotopic (exact) mass is 375 g/mol. The van der Waals surface area contributed by atoms with Gasteiger partial charge in [0.2, 0.25) is 0 Å². The van der Waals surface area contributed by atoms with Crippen molar-refractivity contribution in [1.82, 2.24) is 24.5 Å². The molecule has 6 nitrogen and oxygen atoms in total. The number of rotatable bonds is 5. The molecule has 0 saturated heterocycles. The number of benzene rings is 1. The van der Waals surface area contributed by atoms with Crippen LogP contribution < -0.4 is 0 Å². The number of carbonyl (C=O) groups is 1. The number of nitrogens with one attached hydrogen (secondary N) is 1. The molecule has 0 aliphatic heterocycles. The first-order valence-corrected chi connectivity index (χ1v) is 9.22.